The standard InChI is InChI=1S/C9H15N3O4/c1-4(7(13)12-9(10)16)11-6(8(14)15)5-2-3-5/h4-6,11H,2-3H2,1H3,(H,14,15)(H3,10,12,13,16). The Kier molecular flexibility index (Phi) is 3.83. The first-order valence-corrected chi connectivity index (χ1v) is 5.01. The van der Waals surface area contributed by atoms with E-state index in [9.17, 15) is 14.4 Å². The Morgan fingerprint density at radius 3 is 2.31 bits per heavy atom. The van der Waals surface area contributed by atoms with Crippen molar-refractivity contribution in [3.63, 3.8) is 0 Å². The molecule has 0 aromatic rings. The Bertz CT molecular complexity index is 314. The van der Waals surface area contributed by atoms with Crippen molar-refractivity contribution in [3.05, 3.63) is 0 Å². The van der Waals surface area contributed by atoms with E-state index in [0.29, 0.717) is 0 Å². The number of aliphatic carboxylic acids is 1. The second-order valence-corrected chi connectivity index (χ2v) is 3.90. The number of carboxylic acids is 1. The molecule has 16 heavy (non-hydrogen) atoms. The molecule has 0 heterocycles. The fourth-order valence-corrected chi connectivity index (χ4v) is 1.41. The highest BCUT2D eigenvalue weighted by atomic mass is 16.4. The molecule has 5 N–H and O–H groups in total. The van der Waals surface area contributed by atoms with Crippen LogP contribution in [0.25, 0.3) is 0 Å². The van der Waals surface area contributed by atoms with Gasteiger partial charge in [0.2, 0.25) is 5.91 Å². The summed E-state index contributed by atoms with van der Waals surface area (Å²) in [5.41, 5.74) is 4.78. The Morgan fingerprint density at radius 1 is 1.38 bits per heavy atom. The number of amides is 3. The van der Waals surface area contributed by atoms with Crippen LogP contribution >= 0.6 is 0 Å². The summed E-state index contributed by atoms with van der Waals surface area (Å²) in [6.07, 6.45) is 1.68. The lowest BCUT2D eigenvalue weighted by Crippen LogP contribution is -2.52. The molecule has 1 rings (SSSR count). The van der Waals surface area contributed by atoms with Crippen molar-refractivity contribution in [2.75, 3.05) is 0 Å². The number of rotatable bonds is 5. The molecule has 0 bridgehead atoms. The van der Waals surface area contributed by atoms with Gasteiger partial charge < -0.3 is 10.8 Å². The number of carboxylic acid groups (broad SMARTS) is 1. The number of imide groups is 1. The van der Waals surface area contributed by atoms with Crippen LogP contribution in [0, 0.1) is 5.92 Å². The van der Waals surface area contributed by atoms with E-state index in [2.05, 4.69) is 5.32 Å². The summed E-state index contributed by atoms with van der Waals surface area (Å²) in [7, 11) is 0. The predicted octanol–water partition coefficient (Wildman–Crippen LogP) is -0.977. The van der Waals surface area contributed by atoms with E-state index in [-0.39, 0.29) is 5.92 Å². The molecule has 7 nitrogen and oxygen atoms in total. The van der Waals surface area contributed by atoms with Gasteiger partial charge in [-0.05, 0) is 25.7 Å². The minimum Gasteiger partial charge on any atom is -0.480 e. The molecule has 0 spiro atoms. The van der Waals surface area contributed by atoms with Gasteiger partial charge in [-0.25, -0.2) is 4.79 Å². The van der Waals surface area contributed by atoms with Crippen LogP contribution in [-0.4, -0.2) is 35.1 Å². The van der Waals surface area contributed by atoms with E-state index < -0.39 is 30.0 Å². The monoisotopic (exact) mass is 229 g/mol. The number of hydrogen-bond donors (Lipinski definition) is 4. The molecule has 0 saturated heterocycles. The Labute approximate surface area is 92.4 Å². The topological polar surface area (TPSA) is 122 Å². The van der Waals surface area contributed by atoms with E-state index in [1.165, 1.54) is 6.92 Å². The summed E-state index contributed by atoms with van der Waals surface area (Å²) >= 11 is 0. The molecular weight excluding hydrogens is 214 g/mol. The molecule has 1 aliphatic carbocycles. The summed E-state index contributed by atoms with van der Waals surface area (Å²) in [6, 6.07) is -2.46. The average molecular weight is 229 g/mol. The number of carbonyl (C=O) groups is 3. The van der Waals surface area contributed by atoms with Crippen LogP contribution in [0.4, 0.5) is 4.79 Å². The molecule has 90 valence electrons. The maximum atomic E-state index is 11.3. The van der Waals surface area contributed by atoms with Crippen LogP contribution in [0.3, 0.4) is 0 Å². The third-order valence-corrected chi connectivity index (χ3v) is 2.43. The van der Waals surface area contributed by atoms with Gasteiger partial charge in [0, 0.05) is 0 Å². The number of carbonyl (C=O) groups excluding carboxylic acids is 2. The molecule has 1 fully saturated rings. The highest BCUT2D eigenvalue weighted by Gasteiger charge is 2.37. The maximum absolute atomic E-state index is 11.3. The first-order valence-electron chi connectivity index (χ1n) is 5.01. The summed E-state index contributed by atoms with van der Waals surface area (Å²) in [5.74, 6) is -1.54. The normalized spacial score (nSPS) is 18.6. The highest BCUT2D eigenvalue weighted by Crippen LogP contribution is 2.32. The Hall–Kier alpha value is -1.63. The van der Waals surface area contributed by atoms with Gasteiger partial charge >= 0.3 is 12.0 Å². The largest absolute Gasteiger partial charge is 0.480 e. The van der Waals surface area contributed by atoms with Gasteiger partial charge in [-0.15, -0.1) is 0 Å². The van der Waals surface area contributed by atoms with Gasteiger partial charge in [-0.3, -0.25) is 20.2 Å². The van der Waals surface area contributed by atoms with Gasteiger partial charge in [-0.2, -0.15) is 0 Å². The zero-order valence-electron chi connectivity index (χ0n) is 8.90. The molecule has 2 atom stereocenters. The fourth-order valence-electron chi connectivity index (χ4n) is 1.41. The van der Waals surface area contributed by atoms with Crippen LogP contribution in [0.2, 0.25) is 0 Å². The lowest BCUT2D eigenvalue weighted by molar-refractivity contribution is -0.140. The van der Waals surface area contributed by atoms with E-state index in [4.69, 9.17) is 10.8 Å². The Morgan fingerprint density at radius 2 is 1.94 bits per heavy atom. The van der Waals surface area contributed by atoms with Gasteiger partial charge in [-0.1, -0.05) is 0 Å². The zero-order valence-corrected chi connectivity index (χ0v) is 8.90. The van der Waals surface area contributed by atoms with Crippen LogP contribution in [-0.2, 0) is 9.59 Å². The molecule has 1 saturated carbocycles. The van der Waals surface area contributed by atoms with Gasteiger partial charge in [0.15, 0.2) is 0 Å². The number of nitrogens with one attached hydrogen (secondary N) is 2. The Balaban J connectivity index is 2.47. The first kappa shape index (κ1) is 12.4. The molecule has 0 radical (unpaired) electrons. The van der Waals surface area contributed by atoms with Gasteiger partial charge in [0.05, 0.1) is 6.04 Å². The molecule has 0 aromatic heterocycles. The fraction of sp³-hybridized carbons (Fsp3) is 0.667. The molecule has 1 aliphatic rings. The quantitative estimate of drug-likeness (QED) is 0.483. The van der Waals surface area contributed by atoms with Crippen molar-refractivity contribution >= 4 is 17.9 Å². The molecule has 0 aromatic carbocycles. The second kappa shape index (κ2) is 4.93. The van der Waals surface area contributed by atoms with Crippen molar-refractivity contribution in [2.45, 2.75) is 31.8 Å². The molecular formula is C9H15N3O4. The van der Waals surface area contributed by atoms with E-state index in [1.54, 1.807) is 0 Å². The zero-order chi connectivity index (χ0) is 12.3. The average Bonchev–Trinajstić information content (AvgIpc) is 2.95. The summed E-state index contributed by atoms with van der Waals surface area (Å²) < 4.78 is 0. The second-order valence-electron chi connectivity index (χ2n) is 3.90. The van der Waals surface area contributed by atoms with E-state index in [0.717, 1.165) is 12.8 Å². The minimum atomic E-state index is -0.985. The number of nitrogens with two attached hydrogens (primary N) is 1. The van der Waals surface area contributed by atoms with Crippen LogP contribution in [0.15, 0.2) is 0 Å². The smallest absolute Gasteiger partial charge is 0.321 e. The molecule has 0 aliphatic heterocycles. The van der Waals surface area contributed by atoms with Crippen LogP contribution in [0.5, 0.6) is 0 Å². The van der Waals surface area contributed by atoms with Crippen molar-refractivity contribution in [2.24, 2.45) is 11.7 Å². The van der Waals surface area contributed by atoms with Gasteiger partial charge in [0.25, 0.3) is 0 Å². The number of primary amides is 1. The van der Waals surface area contributed by atoms with Crippen molar-refractivity contribution in [3.8, 4) is 0 Å². The summed E-state index contributed by atoms with van der Waals surface area (Å²) in [6.45, 7) is 1.48. The minimum absolute atomic E-state index is 0.0707. The summed E-state index contributed by atoms with van der Waals surface area (Å²) in [4.78, 5) is 32.6. The van der Waals surface area contributed by atoms with Gasteiger partial charge in [0.1, 0.15) is 6.04 Å². The lowest BCUT2D eigenvalue weighted by Gasteiger charge is -2.18. The highest BCUT2D eigenvalue weighted by molar-refractivity contribution is 5.96. The third kappa shape index (κ3) is 3.50. The van der Waals surface area contributed by atoms with Crippen molar-refractivity contribution in [1.29, 1.82) is 0 Å². The maximum Gasteiger partial charge on any atom is 0.321 e. The number of urea groups is 1. The third-order valence-electron chi connectivity index (χ3n) is 2.43. The van der Waals surface area contributed by atoms with Crippen molar-refractivity contribution in [1.82, 2.24) is 10.6 Å². The lowest BCUT2D eigenvalue weighted by atomic mass is 10.1. The van der Waals surface area contributed by atoms with E-state index >= 15 is 0 Å². The first-order chi connectivity index (χ1) is 7.41. The molecule has 2 unspecified atom stereocenters. The van der Waals surface area contributed by atoms with Crippen LogP contribution in [0.1, 0.15) is 19.8 Å². The molecule has 3 amide bonds. The summed E-state index contributed by atoms with van der Waals surface area (Å²) in [5, 5.41) is 13.5. The SMILES string of the molecule is CC(NC(C(=O)O)C1CC1)C(=O)NC(N)=O. The number of hydrogen-bond acceptors (Lipinski definition) is 4. The van der Waals surface area contributed by atoms with E-state index in [1.807, 2.05) is 5.32 Å². The van der Waals surface area contributed by atoms with Crippen molar-refractivity contribution < 1.29 is 19.5 Å². The predicted molar refractivity (Wildman–Crippen MR) is 54.5 cm³/mol. The van der Waals surface area contributed by atoms with Crippen LogP contribution < -0.4 is 16.4 Å². The molecule has 7 heteroatoms.